The van der Waals surface area contributed by atoms with Gasteiger partial charge in [-0.25, -0.2) is 44.9 Å². The minimum Gasteiger partial charge on any atom is -0.493 e. The second-order valence-electron chi connectivity index (χ2n) is 29.9. The van der Waals surface area contributed by atoms with Gasteiger partial charge in [0.05, 0.1) is 63.2 Å². The maximum atomic E-state index is 13.0. The lowest BCUT2D eigenvalue weighted by Crippen LogP contribution is -2.47. The van der Waals surface area contributed by atoms with Gasteiger partial charge in [-0.05, 0) is 198 Å². The van der Waals surface area contributed by atoms with E-state index in [4.69, 9.17) is 4.74 Å². The van der Waals surface area contributed by atoms with Crippen LogP contribution in [-0.2, 0) is 0 Å². The molecule has 0 unspecified atom stereocenters. The van der Waals surface area contributed by atoms with Gasteiger partial charge in [0, 0.05) is 171 Å². The van der Waals surface area contributed by atoms with Gasteiger partial charge in [-0.2, -0.15) is 0 Å². The summed E-state index contributed by atoms with van der Waals surface area (Å²) in [5, 5.41) is 15.9. The summed E-state index contributed by atoms with van der Waals surface area (Å²) in [7, 11) is 9.02. The van der Waals surface area contributed by atoms with E-state index in [1.165, 1.54) is 19.3 Å². The van der Waals surface area contributed by atoms with Crippen molar-refractivity contribution in [3.63, 3.8) is 0 Å². The lowest BCUT2D eigenvalue weighted by Gasteiger charge is -2.37. The molecule has 13 heterocycles. The fourth-order valence-electron chi connectivity index (χ4n) is 13.8. The molecule has 1 saturated carbocycles. The van der Waals surface area contributed by atoms with Crippen molar-refractivity contribution < 1.29 is 19.1 Å². The van der Waals surface area contributed by atoms with Crippen molar-refractivity contribution in [1.82, 2.24) is 104 Å². The molecule has 3 amide bonds. The van der Waals surface area contributed by atoms with Crippen LogP contribution >= 0.6 is 0 Å². The number of amides is 3. The Morgan fingerprint density at radius 3 is 1.35 bits per heavy atom. The van der Waals surface area contributed by atoms with Crippen LogP contribution in [0, 0.1) is 33.1 Å². The number of imidazole rings is 1. The number of aromatic amines is 4. The average Bonchev–Trinajstić information content (AvgIpc) is 2.07. The van der Waals surface area contributed by atoms with Crippen molar-refractivity contribution in [2.75, 3.05) is 89.3 Å². The number of anilines is 8. The molecular formula is C89H89N25O4. The Morgan fingerprint density at radius 1 is 0.415 bits per heavy atom. The first-order valence-electron chi connectivity index (χ1n) is 38.7. The van der Waals surface area contributed by atoms with Gasteiger partial charge in [0.2, 0.25) is 23.8 Å². The predicted octanol–water partition coefficient (Wildman–Crippen LogP) is 16.0. The Hall–Kier alpha value is -14.7. The molecule has 1 saturated heterocycles. The largest absolute Gasteiger partial charge is 0.493 e. The number of hydrogen-bond donors (Lipinski definition) is 8. The molecule has 594 valence electrons. The van der Waals surface area contributed by atoms with Crippen LogP contribution in [0.5, 0.6) is 5.75 Å². The zero-order valence-corrected chi connectivity index (χ0v) is 67.1. The number of nitrogens with zero attached hydrogens (tertiary/aromatic N) is 17. The van der Waals surface area contributed by atoms with E-state index < -0.39 is 0 Å². The number of H-pyrrole nitrogens is 4. The highest BCUT2D eigenvalue weighted by Crippen LogP contribution is 2.41. The molecule has 12 aromatic heterocycles. The van der Waals surface area contributed by atoms with Crippen LogP contribution in [0.4, 0.5) is 46.5 Å². The van der Waals surface area contributed by atoms with E-state index in [-0.39, 0.29) is 23.1 Å². The zero-order valence-electron chi connectivity index (χ0n) is 67.1. The summed E-state index contributed by atoms with van der Waals surface area (Å²) in [4.78, 5) is 115. The minimum atomic E-state index is -0.0674. The summed E-state index contributed by atoms with van der Waals surface area (Å²) < 4.78 is 6.05. The van der Waals surface area contributed by atoms with Crippen molar-refractivity contribution in [3.05, 3.63) is 253 Å². The number of benzene rings is 4. The van der Waals surface area contributed by atoms with E-state index in [9.17, 15) is 14.4 Å². The van der Waals surface area contributed by atoms with Crippen LogP contribution in [0.1, 0.15) is 80.2 Å². The fraction of sp³-hybridized carbons (Fsp3) is 0.213. The first-order valence-corrected chi connectivity index (χ1v) is 38.7. The summed E-state index contributed by atoms with van der Waals surface area (Å²) in [5.41, 5.74) is 19.5. The molecule has 18 rings (SSSR count). The lowest BCUT2D eigenvalue weighted by atomic mass is 9.71. The number of pyridine rings is 4. The standard InChI is InChI=1S/C26H28N6O2.C24H25N7O.C21H20N6O.C18H16N6/c1-26(9-4-10-26)16-34-19-7-11-27-22(15-19)20-8-12-28-25(31-20)29-18-6-5-17-13-23(24(33)32(2)3)30-21(17)14-18;1-16-13-18(27-24-26-8-6-20(29-24)19-5-3-4-7-25-19)14-17-15-21(28-22(16)17)23(32)31-11-9-30(2)10-12-31;1-13-10-15(11-14-12-18(25-19(13)14)20(28)27(2)3)24-21-23-9-7-17(26-21)16-6-4-5-8-22-16;1-11-9-13(10-16-17(11)22-12(2)21-16)23-18-20-8-6-15(24-18)14-5-3-4-7-19-14/h5-8,11-15,30H,4,9-10,16H2,1-3H3,(H,28,29,31);3-8,13-15,28H,9-12H2,1-2H3,(H,26,27,29);4-12,25H,1-3H3,(H,23,24,26);3-10H,1-2H3,(H,21,22)(H,20,23,24). The highest BCUT2D eigenvalue weighted by atomic mass is 16.5. The van der Waals surface area contributed by atoms with Crippen LogP contribution in [-0.4, -0.2) is 190 Å². The SMILES string of the molecule is CN(C)C(=O)c1cc2ccc(Nc3nccc(-c4cc(OCC5(C)CCC5)ccn4)n3)cc2[nH]1.Cc1cc(Nc2nccc(-c3ccccn3)n2)cc2cc(C(=O)N(C)C)[nH]c12.Cc1cc(Nc2nccc(-c3ccccn3)n2)cc2cc(C(=O)N3CCN(C)CC3)[nH]c12.Cc1nc2c(C)cc(Nc3nccc(-c4ccccn4)n3)cc2[nH]1. The highest BCUT2D eigenvalue weighted by molar-refractivity contribution is 6.01. The smallest absolute Gasteiger partial charge is 0.270 e. The number of carbonyl (C=O) groups excluding carboxylic acids is 3. The van der Waals surface area contributed by atoms with Crippen LogP contribution in [0.2, 0.25) is 0 Å². The van der Waals surface area contributed by atoms with Crippen LogP contribution in [0.25, 0.3) is 89.3 Å². The minimum absolute atomic E-state index is 0.0506. The van der Waals surface area contributed by atoms with E-state index >= 15 is 0 Å². The van der Waals surface area contributed by atoms with Crippen LogP contribution in [0.3, 0.4) is 0 Å². The van der Waals surface area contributed by atoms with Gasteiger partial charge in [-0.1, -0.05) is 37.6 Å². The summed E-state index contributed by atoms with van der Waals surface area (Å²) in [6.07, 6.45) is 17.5. The number of ether oxygens (including phenoxy) is 1. The van der Waals surface area contributed by atoms with Gasteiger partial charge in [0.1, 0.15) is 28.7 Å². The second kappa shape index (κ2) is 34.9. The highest BCUT2D eigenvalue weighted by Gasteiger charge is 2.33. The number of likely N-dealkylation sites (N-methyl/N-ethyl adjacent to an activating group) is 1. The quantitative estimate of drug-likeness (QED) is 0.0395. The number of aromatic nitrogens is 17. The maximum absolute atomic E-state index is 13.0. The second-order valence-corrected chi connectivity index (χ2v) is 29.9. The van der Waals surface area contributed by atoms with Gasteiger partial charge in [-0.3, -0.25) is 34.3 Å². The van der Waals surface area contributed by atoms with Gasteiger partial charge in [0.15, 0.2) is 0 Å². The van der Waals surface area contributed by atoms with E-state index in [1.54, 1.807) is 87.6 Å². The molecule has 1 aliphatic carbocycles. The number of carbonyl (C=O) groups is 3. The molecule has 29 heteroatoms. The molecule has 4 aromatic carbocycles. The molecule has 0 radical (unpaired) electrons. The number of rotatable bonds is 18. The Labute approximate surface area is 680 Å². The van der Waals surface area contributed by atoms with Crippen molar-refractivity contribution in [1.29, 1.82) is 0 Å². The molecule has 118 heavy (non-hydrogen) atoms. The Morgan fingerprint density at radius 2 is 0.856 bits per heavy atom. The summed E-state index contributed by atoms with van der Waals surface area (Å²) >= 11 is 0. The maximum Gasteiger partial charge on any atom is 0.270 e. The first-order chi connectivity index (χ1) is 57.1. The summed E-state index contributed by atoms with van der Waals surface area (Å²) in [6.45, 7) is 14.3. The third kappa shape index (κ3) is 18.9. The molecule has 8 N–H and O–H groups in total. The van der Waals surface area contributed by atoms with Gasteiger partial charge < -0.3 is 65.5 Å². The number of fused-ring (bicyclic) bond motifs is 4. The summed E-state index contributed by atoms with van der Waals surface area (Å²) in [6, 6.07) is 51.9. The van der Waals surface area contributed by atoms with Crippen molar-refractivity contribution in [2.45, 2.75) is 53.9 Å². The Kier molecular flexibility index (Phi) is 23.2. The van der Waals surface area contributed by atoms with E-state index in [2.05, 4.69) is 125 Å². The first kappa shape index (κ1) is 78.5. The van der Waals surface area contributed by atoms with E-state index in [0.717, 1.165) is 167 Å². The van der Waals surface area contributed by atoms with Gasteiger partial charge in [-0.15, -0.1) is 0 Å². The topological polar surface area (TPSA) is 352 Å². The number of nitrogens with one attached hydrogen (secondary N) is 8. The molecule has 1 aliphatic heterocycles. The van der Waals surface area contributed by atoms with Crippen molar-refractivity contribution in [3.8, 4) is 51.3 Å². The normalized spacial score (nSPS) is 12.9. The Bertz CT molecular complexity index is 6270. The summed E-state index contributed by atoms with van der Waals surface area (Å²) in [5.74, 6) is 3.60. The van der Waals surface area contributed by atoms with E-state index in [1.807, 2.05) is 196 Å². The van der Waals surface area contributed by atoms with Gasteiger partial charge in [0.25, 0.3) is 17.7 Å². The lowest BCUT2D eigenvalue weighted by molar-refractivity contribution is 0.0658. The molecule has 0 spiro atoms. The molecule has 16 aromatic rings. The molecule has 2 aliphatic rings. The Balaban J connectivity index is 0.000000124. The molecular weight excluding hydrogens is 1480 g/mol. The third-order valence-corrected chi connectivity index (χ3v) is 20.2. The fourth-order valence-corrected chi connectivity index (χ4v) is 13.8. The predicted molar refractivity (Wildman–Crippen MR) is 461 cm³/mol. The monoisotopic (exact) mass is 1570 g/mol. The molecule has 2 fully saturated rings. The number of piperazine rings is 1. The van der Waals surface area contributed by atoms with Gasteiger partial charge >= 0.3 is 0 Å². The van der Waals surface area contributed by atoms with Crippen molar-refractivity contribution >= 4 is 108 Å². The number of aryl methyl sites for hydroxylation is 4. The average molecular weight is 1570 g/mol. The zero-order chi connectivity index (χ0) is 82.0. The van der Waals surface area contributed by atoms with Crippen LogP contribution in [0.15, 0.2) is 213 Å². The third-order valence-electron chi connectivity index (χ3n) is 20.2. The number of hydrogen-bond acceptors (Lipinski definition) is 22. The van der Waals surface area contributed by atoms with Crippen LogP contribution < -0.4 is 26.0 Å². The molecule has 0 atom stereocenters. The molecule has 29 nitrogen and oxygen atoms in total. The van der Waals surface area contributed by atoms with E-state index in [0.29, 0.717) is 46.6 Å². The molecule has 0 bridgehead atoms. The van der Waals surface area contributed by atoms with Crippen molar-refractivity contribution in [2.24, 2.45) is 5.41 Å².